The van der Waals surface area contributed by atoms with Gasteiger partial charge in [-0.25, -0.2) is 0 Å². The molecule has 92 valence electrons. The van der Waals surface area contributed by atoms with Gasteiger partial charge in [0.05, 0.1) is 12.7 Å². The number of hydrogen-bond acceptors (Lipinski definition) is 3. The SMILES string of the molecule is CCN(Cc1ccc(OC)c(C#N)c1)C(C)C. The van der Waals surface area contributed by atoms with Crippen LogP contribution in [0.3, 0.4) is 0 Å². The van der Waals surface area contributed by atoms with Gasteiger partial charge in [0.25, 0.3) is 0 Å². The summed E-state index contributed by atoms with van der Waals surface area (Å²) in [6.07, 6.45) is 0. The summed E-state index contributed by atoms with van der Waals surface area (Å²) in [6, 6.07) is 8.46. The lowest BCUT2D eigenvalue weighted by atomic mass is 10.1. The van der Waals surface area contributed by atoms with Gasteiger partial charge in [0.1, 0.15) is 11.8 Å². The fraction of sp³-hybridized carbons (Fsp3) is 0.500. The van der Waals surface area contributed by atoms with Gasteiger partial charge in [-0.1, -0.05) is 13.0 Å². The third-order valence-corrected chi connectivity index (χ3v) is 2.91. The number of ether oxygens (including phenoxy) is 1. The molecule has 0 heterocycles. The van der Waals surface area contributed by atoms with Crippen molar-refractivity contribution >= 4 is 0 Å². The molecule has 1 rings (SSSR count). The van der Waals surface area contributed by atoms with Gasteiger partial charge in [-0.2, -0.15) is 5.26 Å². The zero-order valence-electron chi connectivity index (χ0n) is 11.0. The Kier molecular flexibility index (Phi) is 4.99. The van der Waals surface area contributed by atoms with E-state index in [1.54, 1.807) is 7.11 Å². The Bertz CT molecular complexity index is 407. The average Bonchev–Trinajstić information content (AvgIpc) is 2.35. The van der Waals surface area contributed by atoms with E-state index < -0.39 is 0 Å². The van der Waals surface area contributed by atoms with Gasteiger partial charge in [-0.15, -0.1) is 0 Å². The molecule has 17 heavy (non-hydrogen) atoms. The van der Waals surface area contributed by atoms with Crippen molar-refractivity contribution in [2.45, 2.75) is 33.4 Å². The predicted octanol–water partition coefficient (Wildman–Crippen LogP) is 2.80. The molecule has 0 aliphatic heterocycles. The van der Waals surface area contributed by atoms with Crippen LogP contribution in [0.2, 0.25) is 0 Å². The molecule has 0 N–H and O–H groups in total. The molecule has 0 amide bonds. The summed E-state index contributed by atoms with van der Waals surface area (Å²) in [5.74, 6) is 0.642. The molecule has 0 unspecified atom stereocenters. The van der Waals surface area contributed by atoms with Crippen LogP contribution in [0.5, 0.6) is 5.75 Å². The molecule has 0 aliphatic carbocycles. The van der Waals surface area contributed by atoms with Gasteiger partial charge in [0.15, 0.2) is 0 Å². The fourth-order valence-electron chi connectivity index (χ4n) is 1.83. The quantitative estimate of drug-likeness (QED) is 0.783. The zero-order valence-corrected chi connectivity index (χ0v) is 11.0. The molecule has 0 saturated heterocycles. The van der Waals surface area contributed by atoms with E-state index in [9.17, 15) is 0 Å². The first kappa shape index (κ1) is 13.5. The molecule has 3 heteroatoms. The molecule has 0 saturated carbocycles. The van der Waals surface area contributed by atoms with Crippen LogP contribution in [0.4, 0.5) is 0 Å². The van der Waals surface area contributed by atoms with E-state index in [1.165, 1.54) is 0 Å². The van der Waals surface area contributed by atoms with Crippen molar-refractivity contribution < 1.29 is 4.74 Å². The first-order valence-corrected chi connectivity index (χ1v) is 5.93. The Hall–Kier alpha value is -1.53. The average molecular weight is 232 g/mol. The predicted molar refractivity (Wildman–Crippen MR) is 68.9 cm³/mol. The van der Waals surface area contributed by atoms with Crippen LogP contribution in [0, 0.1) is 11.3 Å². The number of methoxy groups -OCH3 is 1. The van der Waals surface area contributed by atoms with Crippen molar-refractivity contribution in [3.63, 3.8) is 0 Å². The first-order valence-electron chi connectivity index (χ1n) is 5.93. The highest BCUT2D eigenvalue weighted by molar-refractivity contribution is 5.45. The molecule has 0 spiro atoms. The van der Waals surface area contributed by atoms with E-state index in [2.05, 4.69) is 31.7 Å². The van der Waals surface area contributed by atoms with Gasteiger partial charge in [0.2, 0.25) is 0 Å². The molecule has 1 aromatic carbocycles. The smallest absolute Gasteiger partial charge is 0.136 e. The summed E-state index contributed by atoms with van der Waals surface area (Å²) >= 11 is 0. The summed E-state index contributed by atoms with van der Waals surface area (Å²) in [5, 5.41) is 9.03. The maximum Gasteiger partial charge on any atom is 0.136 e. The number of nitriles is 1. The van der Waals surface area contributed by atoms with Crippen LogP contribution in [0.1, 0.15) is 31.9 Å². The third kappa shape index (κ3) is 3.47. The standard InChI is InChI=1S/C14H20N2O/c1-5-16(11(2)3)10-12-6-7-14(17-4)13(8-12)9-15/h6-8,11H,5,10H2,1-4H3. The van der Waals surface area contributed by atoms with Crippen molar-refractivity contribution in [1.29, 1.82) is 5.26 Å². The summed E-state index contributed by atoms with van der Waals surface area (Å²) in [5.41, 5.74) is 1.75. The third-order valence-electron chi connectivity index (χ3n) is 2.91. The summed E-state index contributed by atoms with van der Waals surface area (Å²) < 4.78 is 5.13. The molecule has 0 radical (unpaired) electrons. The van der Waals surface area contributed by atoms with Crippen LogP contribution in [-0.2, 0) is 6.54 Å². The van der Waals surface area contributed by atoms with Gasteiger partial charge < -0.3 is 4.74 Å². The fourth-order valence-corrected chi connectivity index (χ4v) is 1.83. The molecule has 3 nitrogen and oxygen atoms in total. The van der Waals surface area contributed by atoms with E-state index >= 15 is 0 Å². The van der Waals surface area contributed by atoms with Crippen LogP contribution in [-0.4, -0.2) is 24.6 Å². The highest BCUT2D eigenvalue weighted by Gasteiger charge is 2.09. The van der Waals surface area contributed by atoms with Crippen LogP contribution >= 0.6 is 0 Å². The van der Waals surface area contributed by atoms with Crippen molar-refractivity contribution in [2.24, 2.45) is 0 Å². The van der Waals surface area contributed by atoms with E-state index in [-0.39, 0.29) is 0 Å². The highest BCUT2D eigenvalue weighted by atomic mass is 16.5. The van der Waals surface area contributed by atoms with Crippen LogP contribution < -0.4 is 4.74 Å². The first-order chi connectivity index (χ1) is 8.12. The number of benzene rings is 1. The second-order valence-electron chi connectivity index (χ2n) is 4.30. The molecule has 0 bridgehead atoms. The van der Waals surface area contributed by atoms with Crippen molar-refractivity contribution in [3.05, 3.63) is 29.3 Å². The maximum absolute atomic E-state index is 9.03. The largest absolute Gasteiger partial charge is 0.495 e. The minimum atomic E-state index is 0.507. The van der Waals surface area contributed by atoms with Crippen LogP contribution in [0.25, 0.3) is 0 Å². The second kappa shape index (κ2) is 6.27. The van der Waals surface area contributed by atoms with Crippen LogP contribution in [0.15, 0.2) is 18.2 Å². The summed E-state index contributed by atoms with van der Waals surface area (Å²) in [6.45, 7) is 8.38. The van der Waals surface area contributed by atoms with Gasteiger partial charge in [0, 0.05) is 12.6 Å². The topological polar surface area (TPSA) is 36.3 Å². The Morgan fingerprint density at radius 1 is 1.41 bits per heavy atom. The lowest BCUT2D eigenvalue weighted by Gasteiger charge is -2.24. The molecule has 0 atom stereocenters. The van der Waals surface area contributed by atoms with Gasteiger partial charge in [-0.3, -0.25) is 4.90 Å². The summed E-state index contributed by atoms with van der Waals surface area (Å²) in [7, 11) is 1.59. The van der Waals surface area contributed by atoms with E-state index in [1.807, 2.05) is 18.2 Å². The Morgan fingerprint density at radius 3 is 2.59 bits per heavy atom. The minimum absolute atomic E-state index is 0.507. The molecular formula is C14H20N2O. The lowest BCUT2D eigenvalue weighted by molar-refractivity contribution is 0.225. The van der Waals surface area contributed by atoms with Gasteiger partial charge in [-0.05, 0) is 38.1 Å². The highest BCUT2D eigenvalue weighted by Crippen LogP contribution is 2.20. The molecule has 0 fully saturated rings. The van der Waals surface area contributed by atoms with Crippen molar-refractivity contribution in [3.8, 4) is 11.8 Å². The second-order valence-corrected chi connectivity index (χ2v) is 4.30. The molecule has 1 aromatic rings. The molecular weight excluding hydrogens is 212 g/mol. The Balaban J connectivity index is 2.90. The molecule has 0 aliphatic rings. The monoisotopic (exact) mass is 232 g/mol. The van der Waals surface area contributed by atoms with E-state index in [4.69, 9.17) is 10.00 Å². The Morgan fingerprint density at radius 2 is 2.12 bits per heavy atom. The van der Waals surface area contributed by atoms with E-state index in [0.717, 1.165) is 18.7 Å². The minimum Gasteiger partial charge on any atom is -0.495 e. The normalized spacial score (nSPS) is 10.6. The van der Waals surface area contributed by atoms with Crippen molar-refractivity contribution in [1.82, 2.24) is 4.90 Å². The number of rotatable bonds is 5. The Labute approximate surface area is 104 Å². The number of hydrogen-bond donors (Lipinski definition) is 0. The summed E-state index contributed by atoms with van der Waals surface area (Å²) in [4.78, 5) is 2.35. The maximum atomic E-state index is 9.03. The molecule has 0 aromatic heterocycles. The van der Waals surface area contributed by atoms with Crippen molar-refractivity contribution in [2.75, 3.05) is 13.7 Å². The van der Waals surface area contributed by atoms with E-state index in [0.29, 0.717) is 17.4 Å². The number of nitrogens with zero attached hydrogens (tertiary/aromatic N) is 2. The van der Waals surface area contributed by atoms with Gasteiger partial charge >= 0.3 is 0 Å². The lowest BCUT2D eigenvalue weighted by Crippen LogP contribution is -2.29. The zero-order chi connectivity index (χ0) is 12.8.